The van der Waals surface area contributed by atoms with Crippen molar-refractivity contribution in [3.05, 3.63) is 0 Å². The average molecular weight is 270 g/mol. The molecule has 2 saturated heterocycles. The predicted octanol–water partition coefficient (Wildman–Crippen LogP) is 0.686. The van der Waals surface area contributed by atoms with Crippen LogP contribution in [0, 0.1) is 5.92 Å². The molecule has 5 nitrogen and oxygen atoms in total. The van der Waals surface area contributed by atoms with E-state index >= 15 is 0 Å². The highest BCUT2D eigenvalue weighted by Crippen LogP contribution is 2.12. The topological polar surface area (TPSA) is 59.6 Å². The van der Waals surface area contributed by atoms with Crippen LogP contribution in [0.15, 0.2) is 0 Å². The minimum Gasteiger partial charge on any atom is -0.378 e. The van der Waals surface area contributed by atoms with Gasteiger partial charge in [0.05, 0.1) is 19.3 Å². The Morgan fingerprint density at radius 2 is 2.37 bits per heavy atom. The van der Waals surface area contributed by atoms with Crippen LogP contribution in [0.5, 0.6) is 0 Å². The summed E-state index contributed by atoms with van der Waals surface area (Å²) < 4.78 is 11.0. The number of carbonyl (C=O) groups is 1. The van der Waals surface area contributed by atoms with Gasteiger partial charge in [-0.05, 0) is 38.3 Å². The summed E-state index contributed by atoms with van der Waals surface area (Å²) in [6, 6.07) is 0.312. The van der Waals surface area contributed by atoms with Gasteiger partial charge in [0.25, 0.3) is 0 Å². The molecule has 2 N–H and O–H groups in total. The number of piperidine rings is 1. The second kappa shape index (κ2) is 7.82. The lowest BCUT2D eigenvalue weighted by Gasteiger charge is -2.30. The summed E-state index contributed by atoms with van der Waals surface area (Å²) in [5.41, 5.74) is 0. The van der Waals surface area contributed by atoms with Crippen LogP contribution < -0.4 is 10.6 Å². The zero-order valence-electron chi connectivity index (χ0n) is 11.8. The molecule has 0 aromatic rings. The maximum absolute atomic E-state index is 11.8. The van der Waals surface area contributed by atoms with Crippen molar-refractivity contribution in [3.8, 4) is 0 Å². The van der Waals surface area contributed by atoms with E-state index in [1.807, 2.05) is 0 Å². The monoisotopic (exact) mass is 270 g/mol. The SMILES string of the molecule is CC1CNCCC1NC(=O)CCOCC1CCCO1. The molecule has 3 atom stereocenters. The van der Waals surface area contributed by atoms with Crippen molar-refractivity contribution in [1.82, 2.24) is 10.6 Å². The lowest BCUT2D eigenvalue weighted by Crippen LogP contribution is -2.48. The van der Waals surface area contributed by atoms with Gasteiger partial charge in [-0.3, -0.25) is 4.79 Å². The first-order valence-electron chi connectivity index (χ1n) is 7.45. The minimum atomic E-state index is 0.103. The zero-order valence-corrected chi connectivity index (χ0v) is 11.8. The normalized spacial score (nSPS) is 31.3. The van der Waals surface area contributed by atoms with Gasteiger partial charge < -0.3 is 20.1 Å². The van der Waals surface area contributed by atoms with Crippen LogP contribution in [0.25, 0.3) is 0 Å². The third-order valence-electron chi connectivity index (χ3n) is 3.93. The van der Waals surface area contributed by atoms with Crippen molar-refractivity contribution in [1.29, 1.82) is 0 Å². The van der Waals surface area contributed by atoms with Crippen LogP contribution in [0.4, 0.5) is 0 Å². The second-order valence-corrected chi connectivity index (χ2v) is 5.60. The van der Waals surface area contributed by atoms with Gasteiger partial charge in [0.2, 0.25) is 5.91 Å². The standard InChI is InChI=1S/C14H26N2O3/c1-11-9-15-6-4-13(11)16-14(17)5-8-18-10-12-3-2-7-19-12/h11-13,15H,2-10H2,1H3,(H,16,17). The molecule has 5 heteroatoms. The largest absolute Gasteiger partial charge is 0.378 e. The fourth-order valence-electron chi connectivity index (χ4n) is 2.66. The molecular weight excluding hydrogens is 244 g/mol. The summed E-state index contributed by atoms with van der Waals surface area (Å²) in [5.74, 6) is 0.608. The molecule has 2 heterocycles. The quantitative estimate of drug-likeness (QED) is 0.697. The van der Waals surface area contributed by atoms with Crippen molar-refractivity contribution in [2.75, 3.05) is 32.9 Å². The predicted molar refractivity (Wildman–Crippen MR) is 73.0 cm³/mol. The number of hydrogen-bond acceptors (Lipinski definition) is 4. The van der Waals surface area contributed by atoms with Gasteiger partial charge >= 0.3 is 0 Å². The second-order valence-electron chi connectivity index (χ2n) is 5.60. The Bertz CT molecular complexity index is 280. The van der Waals surface area contributed by atoms with Crippen LogP contribution in [0.2, 0.25) is 0 Å². The zero-order chi connectivity index (χ0) is 13.5. The highest BCUT2D eigenvalue weighted by Gasteiger charge is 2.22. The van der Waals surface area contributed by atoms with Gasteiger partial charge in [-0.2, -0.15) is 0 Å². The molecule has 110 valence electrons. The molecule has 1 amide bonds. The lowest BCUT2D eigenvalue weighted by molar-refractivity contribution is -0.123. The maximum atomic E-state index is 11.8. The summed E-state index contributed by atoms with van der Waals surface area (Å²) in [7, 11) is 0. The Kier molecular flexibility index (Phi) is 6.07. The molecule has 0 aromatic heterocycles. The first-order valence-corrected chi connectivity index (χ1v) is 7.45. The van der Waals surface area contributed by atoms with Crippen LogP contribution in [-0.4, -0.2) is 51.0 Å². The van der Waals surface area contributed by atoms with Crippen LogP contribution in [0.3, 0.4) is 0 Å². The van der Waals surface area contributed by atoms with Gasteiger partial charge in [-0.15, -0.1) is 0 Å². The number of carbonyl (C=O) groups excluding carboxylic acids is 1. The molecular formula is C14H26N2O3. The summed E-state index contributed by atoms with van der Waals surface area (Å²) >= 11 is 0. The molecule has 2 aliphatic rings. The van der Waals surface area contributed by atoms with Crippen LogP contribution >= 0.6 is 0 Å². The van der Waals surface area contributed by atoms with Gasteiger partial charge in [0.1, 0.15) is 0 Å². The molecule has 3 unspecified atom stereocenters. The first-order chi connectivity index (χ1) is 9.25. The van der Waals surface area contributed by atoms with E-state index in [-0.39, 0.29) is 12.0 Å². The first kappa shape index (κ1) is 14.8. The van der Waals surface area contributed by atoms with Gasteiger partial charge in [-0.1, -0.05) is 6.92 Å². The van der Waals surface area contributed by atoms with E-state index in [2.05, 4.69) is 17.6 Å². The summed E-state index contributed by atoms with van der Waals surface area (Å²) in [5, 5.41) is 6.44. The number of hydrogen-bond donors (Lipinski definition) is 2. The highest BCUT2D eigenvalue weighted by atomic mass is 16.5. The molecule has 0 radical (unpaired) electrons. The lowest BCUT2D eigenvalue weighted by atomic mass is 9.95. The molecule has 0 aliphatic carbocycles. The Morgan fingerprint density at radius 3 is 3.11 bits per heavy atom. The minimum absolute atomic E-state index is 0.103. The van der Waals surface area contributed by atoms with Crippen molar-refractivity contribution in [2.24, 2.45) is 5.92 Å². The summed E-state index contributed by atoms with van der Waals surface area (Å²) in [6.45, 7) is 6.11. The molecule has 0 saturated carbocycles. The van der Waals surface area contributed by atoms with Gasteiger partial charge in [0, 0.05) is 19.1 Å². The van der Waals surface area contributed by atoms with Crippen molar-refractivity contribution in [2.45, 2.75) is 44.8 Å². The fraction of sp³-hybridized carbons (Fsp3) is 0.929. The molecule has 19 heavy (non-hydrogen) atoms. The highest BCUT2D eigenvalue weighted by molar-refractivity contribution is 5.76. The number of amides is 1. The summed E-state index contributed by atoms with van der Waals surface area (Å²) in [6.07, 6.45) is 3.92. The number of rotatable bonds is 6. The van der Waals surface area contributed by atoms with E-state index in [0.29, 0.717) is 31.6 Å². The van der Waals surface area contributed by atoms with E-state index in [1.54, 1.807) is 0 Å². The Balaban J connectivity index is 1.53. The summed E-state index contributed by atoms with van der Waals surface area (Å²) in [4.78, 5) is 11.8. The third-order valence-corrected chi connectivity index (χ3v) is 3.93. The number of ether oxygens (including phenoxy) is 2. The Morgan fingerprint density at radius 1 is 1.47 bits per heavy atom. The van der Waals surface area contributed by atoms with E-state index in [1.165, 1.54) is 0 Å². The van der Waals surface area contributed by atoms with Crippen molar-refractivity contribution in [3.63, 3.8) is 0 Å². The number of nitrogens with one attached hydrogen (secondary N) is 2. The van der Waals surface area contributed by atoms with E-state index in [4.69, 9.17) is 9.47 Å². The fourth-order valence-corrected chi connectivity index (χ4v) is 2.66. The van der Waals surface area contributed by atoms with Gasteiger partial charge in [0.15, 0.2) is 0 Å². The smallest absolute Gasteiger partial charge is 0.222 e. The molecule has 2 fully saturated rings. The molecule has 2 aliphatic heterocycles. The van der Waals surface area contributed by atoms with E-state index in [9.17, 15) is 4.79 Å². The van der Waals surface area contributed by atoms with Gasteiger partial charge in [-0.25, -0.2) is 0 Å². The molecule has 0 spiro atoms. The molecule has 2 rings (SSSR count). The Hall–Kier alpha value is -0.650. The average Bonchev–Trinajstić information content (AvgIpc) is 2.91. The maximum Gasteiger partial charge on any atom is 0.222 e. The van der Waals surface area contributed by atoms with E-state index in [0.717, 1.165) is 39.0 Å². The molecule has 0 bridgehead atoms. The van der Waals surface area contributed by atoms with Crippen LogP contribution in [-0.2, 0) is 14.3 Å². The third kappa shape index (κ3) is 5.09. The van der Waals surface area contributed by atoms with Crippen LogP contribution in [0.1, 0.15) is 32.6 Å². The Labute approximate surface area is 115 Å². The van der Waals surface area contributed by atoms with Crippen molar-refractivity contribution < 1.29 is 14.3 Å². The van der Waals surface area contributed by atoms with E-state index < -0.39 is 0 Å². The molecule has 0 aromatic carbocycles. The van der Waals surface area contributed by atoms with Crippen molar-refractivity contribution >= 4 is 5.91 Å².